The number of rotatable bonds is 4. The van der Waals surface area contributed by atoms with Gasteiger partial charge in [-0.25, -0.2) is 18.6 Å². The van der Waals surface area contributed by atoms with Gasteiger partial charge in [0.25, 0.3) is 6.43 Å². The van der Waals surface area contributed by atoms with Gasteiger partial charge < -0.3 is 4.74 Å². The first-order valence-corrected chi connectivity index (χ1v) is 4.96. The number of pyridine rings is 1. The number of ether oxygens (including phenoxy) is 1. The van der Waals surface area contributed by atoms with Crippen molar-refractivity contribution in [1.29, 1.82) is 5.26 Å². The van der Waals surface area contributed by atoms with Crippen LogP contribution < -0.4 is 0 Å². The van der Waals surface area contributed by atoms with Crippen LogP contribution in [0.15, 0.2) is 6.20 Å². The fourth-order valence-corrected chi connectivity index (χ4v) is 1.35. The number of nitriles is 1. The lowest BCUT2D eigenvalue weighted by Gasteiger charge is -2.08. The summed E-state index contributed by atoms with van der Waals surface area (Å²) in [5.74, 6) is -1.16. The Labute approximate surface area is 105 Å². The fourth-order valence-electron chi connectivity index (χ4n) is 1.35. The molecular formula is C10H7F2N3O4. The molecule has 1 aromatic heterocycles. The van der Waals surface area contributed by atoms with Gasteiger partial charge in [-0.2, -0.15) is 5.26 Å². The zero-order valence-corrected chi connectivity index (χ0v) is 9.59. The lowest BCUT2D eigenvalue weighted by molar-refractivity contribution is -0.385. The molecule has 0 aliphatic heterocycles. The summed E-state index contributed by atoms with van der Waals surface area (Å²) < 4.78 is 30.3. The topological polar surface area (TPSA) is 106 Å². The molecule has 0 atom stereocenters. The van der Waals surface area contributed by atoms with Crippen LogP contribution in [0.3, 0.4) is 0 Å². The first kappa shape index (κ1) is 14.4. The predicted molar refractivity (Wildman–Crippen MR) is 56.5 cm³/mol. The fraction of sp³-hybridized carbons (Fsp3) is 0.300. The van der Waals surface area contributed by atoms with E-state index in [0.717, 1.165) is 0 Å². The third-order valence-corrected chi connectivity index (χ3v) is 2.09. The molecule has 0 aromatic carbocycles. The smallest absolute Gasteiger partial charge is 0.357 e. The average Bonchev–Trinajstić information content (AvgIpc) is 2.36. The van der Waals surface area contributed by atoms with Gasteiger partial charge in [-0.05, 0) is 6.92 Å². The Kier molecular flexibility index (Phi) is 4.41. The number of alkyl halides is 2. The number of nitro groups is 1. The second-order valence-corrected chi connectivity index (χ2v) is 3.17. The zero-order chi connectivity index (χ0) is 14.6. The van der Waals surface area contributed by atoms with Crippen LogP contribution in [0.5, 0.6) is 0 Å². The highest BCUT2D eigenvalue weighted by Crippen LogP contribution is 2.31. The number of esters is 1. The minimum Gasteiger partial charge on any atom is -0.461 e. The molecule has 7 nitrogen and oxygen atoms in total. The van der Waals surface area contributed by atoms with E-state index in [2.05, 4.69) is 9.72 Å². The molecule has 0 saturated heterocycles. The van der Waals surface area contributed by atoms with Crippen molar-refractivity contribution in [3.63, 3.8) is 0 Å². The third kappa shape index (κ3) is 2.79. The van der Waals surface area contributed by atoms with Gasteiger partial charge in [0.1, 0.15) is 17.8 Å². The summed E-state index contributed by atoms with van der Waals surface area (Å²) in [5.41, 5.74) is -3.65. The van der Waals surface area contributed by atoms with Crippen molar-refractivity contribution in [3.8, 4) is 6.07 Å². The molecule has 0 aliphatic rings. The standard InChI is InChI=1S/C10H7F2N3O4/c1-2-19-10(16)8-7(9(11)12)5(3-13)6(4-14-8)15(17)18/h4,9H,2H2,1H3. The normalized spacial score (nSPS) is 10.1. The molecule has 0 amide bonds. The highest BCUT2D eigenvalue weighted by molar-refractivity contribution is 5.90. The highest BCUT2D eigenvalue weighted by atomic mass is 19.3. The quantitative estimate of drug-likeness (QED) is 0.470. The van der Waals surface area contributed by atoms with Gasteiger partial charge in [0.05, 0.1) is 17.1 Å². The molecule has 0 bridgehead atoms. The molecule has 9 heteroatoms. The maximum absolute atomic E-state index is 12.9. The van der Waals surface area contributed by atoms with E-state index < -0.39 is 39.8 Å². The monoisotopic (exact) mass is 271 g/mol. The van der Waals surface area contributed by atoms with Crippen LogP contribution in [-0.2, 0) is 4.74 Å². The average molecular weight is 271 g/mol. The van der Waals surface area contributed by atoms with Gasteiger partial charge in [0, 0.05) is 0 Å². The summed E-state index contributed by atoms with van der Waals surface area (Å²) in [7, 11) is 0. The lowest BCUT2D eigenvalue weighted by Crippen LogP contribution is -2.13. The Balaban J connectivity index is 3.56. The van der Waals surface area contributed by atoms with Crippen LogP contribution in [0.25, 0.3) is 0 Å². The van der Waals surface area contributed by atoms with Crippen LogP contribution in [-0.4, -0.2) is 22.5 Å². The van der Waals surface area contributed by atoms with Gasteiger partial charge in [0.15, 0.2) is 5.69 Å². The van der Waals surface area contributed by atoms with Gasteiger partial charge in [-0.15, -0.1) is 0 Å². The zero-order valence-electron chi connectivity index (χ0n) is 9.59. The highest BCUT2D eigenvalue weighted by Gasteiger charge is 2.31. The third-order valence-electron chi connectivity index (χ3n) is 2.09. The summed E-state index contributed by atoms with van der Waals surface area (Å²) in [6, 6.07) is 1.29. The number of carbonyl (C=O) groups excluding carboxylic acids is 1. The molecule has 1 heterocycles. The minimum absolute atomic E-state index is 0.0813. The number of halogens is 2. The largest absolute Gasteiger partial charge is 0.461 e. The van der Waals surface area contributed by atoms with E-state index in [1.165, 1.54) is 13.0 Å². The Morgan fingerprint density at radius 2 is 2.32 bits per heavy atom. The summed E-state index contributed by atoms with van der Waals surface area (Å²) >= 11 is 0. The van der Waals surface area contributed by atoms with Crippen molar-refractivity contribution in [2.24, 2.45) is 0 Å². The van der Waals surface area contributed by atoms with Crippen LogP contribution in [0.2, 0.25) is 0 Å². The van der Waals surface area contributed by atoms with Crippen LogP contribution in [0.1, 0.15) is 35.0 Å². The first-order chi connectivity index (χ1) is 8.93. The van der Waals surface area contributed by atoms with Crippen LogP contribution in [0, 0.1) is 21.4 Å². The van der Waals surface area contributed by atoms with Crippen molar-refractivity contribution >= 4 is 11.7 Å². The Hall–Kier alpha value is -2.63. The molecule has 0 fully saturated rings. The second-order valence-electron chi connectivity index (χ2n) is 3.17. The summed E-state index contributed by atoms with van der Waals surface area (Å²) in [6.07, 6.45) is -2.68. The van der Waals surface area contributed by atoms with Gasteiger partial charge in [0.2, 0.25) is 0 Å². The second kappa shape index (κ2) is 5.81. The van der Waals surface area contributed by atoms with Crippen LogP contribution >= 0.6 is 0 Å². The van der Waals surface area contributed by atoms with Gasteiger partial charge in [-0.1, -0.05) is 0 Å². The molecule has 0 N–H and O–H groups in total. The van der Waals surface area contributed by atoms with Crippen LogP contribution in [0.4, 0.5) is 14.5 Å². The summed E-state index contributed by atoms with van der Waals surface area (Å²) in [4.78, 5) is 24.3. The van der Waals surface area contributed by atoms with Crippen molar-refractivity contribution in [3.05, 3.63) is 33.1 Å². The molecule has 1 rings (SSSR count). The number of hydrogen-bond acceptors (Lipinski definition) is 6. The van der Waals surface area contributed by atoms with Gasteiger partial charge >= 0.3 is 11.7 Å². The summed E-state index contributed by atoms with van der Waals surface area (Å²) in [6.45, 7) is 1.37. The van der Waals surface area contributed by atoms with E-state index in [9.17, 15) is 23.7 Å². The first-order valence-electron chi connectivity index (χ1n) is 4.96. The maximum Gasteiger partial charge on any atom is 0.357 e. The molecule has 0 saturated carbocycles. The Bertz CT molecular complexity index is 569. The van der Waals surface area contributed by atoms with E-state index in [1.54, 1.807) is 0 Å². The van der Waals surface area contributed by atoms with E-state index in [1.807, 2.05) is 0 Å². The SMILES string of the molecule is CCOC(=O)c1ncc([N+](=O)[O-])c(C#N)c1C(F)F. The van der Waals surface area contributed by atoms with Crippen molar-refractivity contribution in [2.75, 3.05) is 6.61 Å². The van der Waals surface area contributed by atoms with Crippen molar-refractivity contribution < 1.29 is 23.2 Å². The van der Waals surface area contributed by atoms with Gasteiger partial charge in [-0.3, -0.25) is 10.1 Å². The number of carbonyl (C=O) groups is 1. The number of hydrogen-bond donors (Lipinski definition) is 0. The Morgan fingerprint density at radius 1 is 1.68 bits per heavy atom. The molecule has 1 aromatic rings. The molecule has 0 radical (unpaired) electrons. The summed E-state index contributed by atoms with van der Waals surface area (Å²) in [5, 5.41) is 19.4. The molecule has 19 heavy (non-hydrogen) atoms. The Morgan fingerprint density at radius 3 is 2.74 bits per heavy atom. The van der Waals surface area contributed by atoms with Crippen molar-refractivity contribution in [2.45, 2.75) is 13.3 Å². The molecular weight excluding hydrogens is 264 g/mol. The van der Waals surface area contributed by atoms with E-state index >= 15 is 0 Å². The maximum atomic E-state index is 12.9. The van der Waals surface area contributed by atoms with Crippen molar-refractivity contribution in [1.82, 2.24) is 4.98 Å². The molecule has 0 aliphatic carbocycles. The van der Waals surface area contributed by atoms with E-state index in [4.69, 9.17) is 5.26 Å². The number of aromatic nitrogens is 1. The van der Waals surface area contributed by atoms with E-state index in [-0.39, 0.29) is 6.61 Å². The molecule has 0 unspecified atom stereocenters. The molecule has 100 valence electrons. The lowest BCUT2D eigenvalue weighted by atomic mass is 10.1. The minimum atomic E-state index is -3.26. The van der Waals surface area contributed by atoms with E-state index in [0.29, 0.717) is 6.20 Å². The number of nitrogens with zero attached hydrogens (tertiary/aromatic N) is 3. The predicted octanol–water partition coefficient (Wildman–Crippen LogP) is 1.98. The molecule has 0 spiro atoms.